The van der Waals surface area contributed by atoms with Gasteiger partial charge >= 0.3 is 21.7 Å². The summed E-state index contributed by atoms with van der Waals surface area (Å²) in [6, 6.07) is 3.68. The molecule has 0 bridgehead atoms. The van der Waals surface area contributed by atoms with Crippen molar-refractivity contribution in [3.8, 4) is 16.2 Å². The van der Waals surface area contributed by atoms with Crippen LogP contribution in [0.25, 0.3) is 21.4 Å². The highest BCUT2D eigenvalue weighted by molar-refractivity contribution is 7.86. The highest BCUT2D eigenvalue weighted by Gasteiger charge is 2.32. The minimum absolute atomic E-state index is 0.00639. The Morgan fingerprint density at radius 2 is 1.80 bits per heavy atom. The standard InChI is InChI=1S/C23H20ClNO12S3/c24-13-9-11-8-12(23(30)36-21(11)22(20(13)29)40(33,34)35)15-10-16(39(31)32)14(38-15)4-2-1-3-5-19(28)37-25-17(26)6-7-18(25)27/h8-10,29H,1-7H2,(H,31,32)(H,33,34,35). The fourth-order valence-electron chi connectivity index (χ4n) is 4.01. The molecule has 3 aromatic rings. The van der Waals surface area contributed by atoms with Crippen molar-refractivity contribution in [1.82, 2.24) is 5.06 Å². The number of benzene rings is 1. The first-order valence-corrected chi connectivity index (χ1v) is 15.3. The molecule has 3 heterocycles. The van der Waals surface area contributed by atoms with E-state index in [-0.39, 0.29) is 40.0 Å². The molecule has 1 atom stereocenters. The molecule has 1 aliphatic rings. The van der Waals surface area contributed by atoms with Crippen LogP contribution in [0.4, 0.5) is 0 Å². The minimum atomic E-state index is -5.02. The number of carbonyl (C=O) groups excluding carboxylic acids is 3. The summed E-state index contributed by atoms with van der Waals surface area (Å²) >= 11 is 4.51. The highest BCUT2D eigenvalue weighted by Crippen LogP contribution is 2.39. The number of imide groups is 1. The van der Waals surface area contributed by atoms with Gasteiger partial charge in [-0.1, -0.05) is 18.0 Å². The van der Waals surface area contributed by atoms with Gasteiger partial charge in [0.05, 0.1) is 15.5 Å². The van der Waals surface area contributed by atoms with Gasteiger partial charge in [-0.25, -0.2) is 13.8 Å². The van der Waals surface area contributed by atoms with E-state index in [2.05, 4.69) is 0 Å². The van der Waals surface area contributed by atoms with Crippen molar-refractivity contribution >= 4 is 72.9 Å². The summed E-state index contributed by atoms with van der Waals surface area (Å²) in [6.07, 6.45) is 1.60. The smallest absolute Gasteiger partial charge is 0.345 e. The van der Waals surface area contributed by atoms with E-state index in [0.29, 0.717) is 35.6 Å². The molecule has 17 heteroatoms. The molecule has 1 aromatic carbocycles. The van der Waals surface area contributed by atoms with Gasteiger partial charge in [0.1, 0.15) is 0 Å². The minimum Gasteiger partial charge on any atom is -0.505 e. The average Bonchev–Trinajstić information content (AvgIpc) is 3.42. The van der Waals surface area contributed by atoms with Crippen LogP contribution < -0.4 is 5.63 Å². The van der Waals surface area contributed by atoms with Crippen LogP contribution in [-0.2, 0) is 46.8 Å². The number of unbranched alkanes of at least 4 members (excludes halogenated alkanes) is 2. The van der Waals surface area contributed by atoms with Crippen molar-refractivity contribution in [3.63, 3.8) is 0 Å². The van der Waals surface area contributed by atoms with Crippen molar-refractivity contribution in [2.45, 2.75) is 54.7 Å². The van der Waals surface area contributed by atoms with Crippen LogP contribution in [0.2, 0.25) is 5.02 Å². The molecule has 3 N–H and O–H groups in total. The number of thiophene rings is 1. The topological polar surface area (TPSA) is 206 Å². The summed E-state index contributed by atoms with van der Waals surface area (Å²) in [5, 5.41) is 10.0. The van der Waals surface area contributed by atoms with E-state index < -0.39 is 65.9 Å². The van der Waals surface area contributed by atoms with Crippen LogP contribution in [-0.4, -0.2) is 49.7 Å². The summed E-state index contributed by atoms with van der Waals surface area (Å²) in [6.45, 7) is 0. The van der Waals surface area contributed by atoms with Crippen molar-refractivity contribution in [2.75, 3.05) is 0 Å². The van der Waals surface area contributed by atoms with Crippen molar-refractivity contribution in [3.05, 3.63) is 38.5 Å². The van der Waals surface area contributed by atoms with E-state index in [4.69, 9.17) is 20.9 Å². The number of aromatic hydroxyl groups is 1. The number of rotatable bonds is 10. The maximum atomic E-state index is 12.7. The number of amides is 2. The molecule has 13 nitrogen and oxygen atoms in total. The number of phenols is 1. The van der Waals surface area contributed by atoms with Crippen molar-refractivity contribution < 1.29 is 50.5 Å². The molecular formula is C23H20ClNO12S3. The molecule has 1 unspecified atom stereocenters. The molecule has 1 aliphatic heterocycles. The zero-order valence-electron chi connectivity index (χ0n) is 20.2. The fraction of sp³-hybridized carbons (Fsp3) is 0.304. The lowest BCUT2D eigenvalue weighted by atomic mass is 10.1. The van der Waals surface area contributed by atoms with E-state index in [9.17, 15) is 46.0 Å². The third-order valence-electron chi connectivity index (χ3n) is 5.87. The molecule has 0 spiro atoms. The predicted molar refractivity (Wildman–Crippen MR) is 141 cm³/mol. The Kier molecular flexibility index (Phi) is 8.77. The van der Waals surface area contributed by atoms with E-state index in [1.807, 2.05) is 0 Å². The zero-order valence-corrected chi connectivity index (χ0v) is 23.5. The number of phenolic OH excluding ortho intramolecular Hbond substituents is 1. The molecule has 0 saturated carbocycles. The SMILES string of the molecule is O=C(CCCCCc1sc(-c2cc3cc(Cl)c(O)c(S(=O)(=O)O)c3oc2=O)cc1S(=O)O)ON1C(=O)CCC1=O. The quantitative estimate of drug-likeness (QED) is 0.0965. The summed E-state index contributed by atoms with van der Waals surface area (Å²) < 4.78 is 59.8. The third kappa shape index (κ3) is 6.26. The number of carbonyl (C=O) groups is 3. The Morgan fingerprint density at radius 1 is 1.12 bits per heavy atom. The molecule has 0 aliphatic carbocycles. The first-order valence-electron chi connectivity index (χ1n) is 11.5. The number of nitrogens with zero attached hydrogens (tertiary/aromatic N) is 1. The summed E-state index contributed by atoms with van der Waals surface area (Å²) in [5.41, 5.74) is -1.72. The van der Waals surface area contributed by atoms with Crippen LogP contribution in [0, 0.1) is 0 Å². The normalized spacial score (nSPS) is 14.7. The Balaban J connectivity index is 1.49. The lowest BCUT2D eigenvalue weighted by Gasteiger charge is -2.12. The van der Waals surface area contributed by atoms with Crippen LogP contribution in [0.1, 0.15) is 43.4 Å². The summed E-state index contributed by atoms with van der Waals surface area (Å²) in [5.74, 6) is -2.86. The summed E-state index contributed by atoms with van der Waals surface area (Å²) in [4.78, 5) is 52.2. The zero-order chi connectivity index (χ0) is 29.4. The molecule has 1 fully saturated rings. The number of hydrogen-bond acceptors (Lipinski definition) is 11. The van der Waals surface area contributed by atoms with Gasteiger partial charge < -0.3 is 18.9 Å². The highest BCUT2D eigenvalue weighted by atomic mass is 35.5. The second-order valence-electron chi connectivity index (χ2n) is 8.63. The monoisotopic (exact) mass is 633 g/mol. The molecule has 2 aromatic heterocycles. The number of hydrogen-bond donors (Lipinski definition) is 3. The second-order valence-corrected chi connectivity index (χ2v) is 12.5. The van der Waals surface area contributed by atoms with E-state index in [1.54, 1.807) is 0 Å². The largest absolute Gasteiger partial charge is 0.505 e. The molecule has 0 radical (unpaired) electrons. The van der Waals surface area contributed by atoms with E-state index in [0.717, 1.165) is 17.4 Å². The van der Waals surface area contributed by atoms with Gasteiger partial charge in [-0.2, -0.15) is 8.42 Å². The number of aryl methyl sites for hydroxylation is 1. The van der Waals surface area contributed by atoms with Crippen LogP contribution in [0.5, 0.6) is 5.75 Å². The van der Waals surface area contributed by atoms with Crippen molar-refractivity contribution in [2.24, 2.45) is 0 Å². The Hall–Kier alpha value is -3.15. The van der Waals surface area contributed by atoms with Gasteiger partial charge in [-0.15, -0.1) is 16.4 Å². The van der Waals surface area contributed by atoms with Gasteiger partial charge in [-0.3, -0.25) is 14.1 Å². The maximum Gasteiger partial charge on any atom is 0.345 e. The van der Waals surface area contributed by atoms with Gasteiger partial charge in [-0.05, 0) is 37.5 Å². The Morgan fingerprint density at radius 3 is 2.42 bits per heavy atom. The lowest BCUT2D eigenvalue weighted by Crippen LogP contribution is -2.31. The maximum absolute atomic E-state index is 12.7. The third-order valence-corrected chi connectivity index (χ3v) is 9.15. The van der Waals surface area contributed by atoms with E-state index >= 15 is 0 Å². The number of halogens is 1. The van der Waals surface area contributed by atoms with Crippen LogP contribution in [0.3, 0.4) is 0 Å². The van der Waals surface area contributed by atoms with Gasteiger partial charge in [0.25, 0.3) is 11.8 Å². The Labute approximate surface area is 237 Å². The van der Waals surface area contributed by atoms with Gasteiger partial charge in [0.2, 0.25) is 0 Å². The number of fused-ring (bicyclic) bond motifs is 1. The first-order chi connectivity index (χ1) is 18.8. The van der Waals surface area contributed by atoms with Crippen LogP contribution in [0.15, 0.2) is 37.2 Å². The molecule has 1 saturated heterocycles. The molecular weight excluding hydrogens is 614 g/mol. The molecule has 40 heavy (non-hydrogen) atoms. The van der Waals surface area contributed by atoms with Gasteiger partial charge in [0, 0.05) is 34.4 Å². The van der Waals surface area contributed by atoms with Crippen molar-refractivity contribution in [1.29, 1.82) is 0 Å². The average molecular weight is 634 g/mol. The Bertz CT molecular complexity index is 1710. The second kappa shape index (κ2) is 11.8. The molecule has 4 rings (SSSR count). The lowest BCUT2D eigenvalue weighted by molar-refractivity contribution is -0.197. The fourth-order valence-corrected chi connectivity index (χ4v) is 7.05. The van der Waals surface area contributed by atoms with Crippen LogP contribution >= 0.6 is 22.9 Å². The molecule has 2 amide bonds. The predicted octanol–water partition coefficient (Wildman–Crippen LogP) is 3.42. The summed E-state index contributed by atoms with van der Waals surface area (Å²) in [7, 11) is -5.02. The van der Waals surface area contributed by atoms with E-state index in [1.165, 1.54) is 12.1 Å². The molecule has 214 valence electrons. The first kappa shape index (κ1) is 29.8. The van der Waals surface area contributed by atoms with Gasteiger partial charge in [0.15, 0.2) is 27.3 Å². The number of hydroxylamine groups is 2.